The van der Waals surface area contributed by atoms with Crippen molar-refractivity contribution in [3.63, 3.8) is 0 Å². The van der Waals surface area contributed by atoms with E-state index in [4.69, 9.17) is 17.3 Å². The number of nitrogens with two attached hydrogens (primary N) is 1. The number of thiophene rings is 1. The predicted molar refractivity (Wildman–Crippen MR) is 70.5 cm³/mol. The van der Waals surface area contributed by atoms with E-state index in [1.807, 2.05) is 0 Å². The first-order valence-corrected chi connectivity index (χ1v) is 7.93. The van der Waals surface area contributed by atoms with Crippen LogP contribution in [0.15, 0.2) is 14.1 Å². The Labute approximate surface area is 113 Å². The molecule has 1 aromatic rings. The van der Waals surface area contributed by atoms with E-state index in [2.05, 4.69) is 15.9 Å². The molecule has 92 valence electrons. The van der Waals surface area contributed by atoms with Crippen LogP contribution in [0.1, 0.15) is 6.42 Å². The fourth-order valence-corrected chi connectivity index (χ4v) is 4.86. The zero-order valence-electron chi connectivity index (χ0n) is 8.61. The Bertz CT molecular complexity index is 441. The van der Waals surface area contributed by atoms with Crippen molar-refractivity contribution in [2.75, 3.05) is 20.1 Å². The van der Waals surface area contributed by atoms with Crippen molar-refractivity contribution >= 4 is 48.9 Å². The van der Waals surface area contributed by atoms with Gasteiger partial charge >= 0.3 is 0 Å². The average Bonchev–Trinajstić information content (AvgIpc) is 2.56. The van der Waals surface area contributed by atoms with Crippen molar-refractivity contribution in [3.8, 4) is 0 Å². The molecule has 0 amide bonds. The molecule has 0 aliphatic heterocycles. The minimum Gasteiger partial charge on any atom is -0.330 e. The smallest absolute Gasteiger partial charge is 0.252 e. The molecule has 4 nitrogen and oxygen atoms in total. The highest BCUT2D eigenvalue weighted by molar-refractivity contribution is 9.11. The van der Waals surface area contributed by atoms with E-state index in [0.29, 0.717) is 28.3 Å². The molecule has 0 aliphatic rings. The Morgan fingerprint density at radius 3 is 2.69 bits per heavy atom. The summed E-state index contributed by atoms with van der Waals surface area (Å²) in [7, 11) is -1.90. The van der Waals surface area contributed by atoms with Gasteiger partial charge in [0, 0.05) is 13.6 Å². The van der Waals surface area contributed by atoms with E-state index < -0.39 is 10.0 Å². The normalized spacial score (nSPS) is 12.3. The summed E-state index contributed by atoms with van der Waals surface area (Å²) < 4.78 is 26.2. The summed E-state index contributed by atoms with van der Waals surface area (Å²) in [6.07, 6.45) is 0.635. The maximum absolute atomic E-state index is 12.0. The van der Waals surface area contributed by atoms with Crippen molar-refractivity contribution < 1.29 is 8.42 Å². The zero-order chi connectivity index (χ0) is 12.3. The monoisotopic (exact) mass is 346 g/mol. The second-order valence-corrected chi connectivity index (χ2v) is 8.20. The van der Waals surface area contributed by atoms with Gasteiger partial charge in [-0.05, 0) is 35.0 Å². The van der Waals surface area contributed by atoms with E-state index in [1.54, 1.807) is 0 Å². The largest absolute Gasteiger partial charge is 0.330 e. The highest BCUT2D eigenvalue weighted by Crippen LogP contribution is 2.35. The van der Waals surface area contributed by atoms with Crippen molar-refractivity contribution in [1.29, 1.82) is 0 Å². The van der Waals surface area contributed by atoms with Gasteiger partial charge in [0.2, 0.25) is 0 Å². The van der Waals surface area contributed by atoms with Crippen molar-refractivity contribution in [3.05, 3.63) is 14.9 Å². The van der Waals surface area contributed by atoms with Gasteiger partial charge in [0.15, 0.2) is 0 Å². The van der Waals surface area contributed by atoms with Gasteiger partial charge in [-0.2, -0.15) is 0 Å². The standard InChI is InChI=1S/C8H12BrClN2O2S2/c1-12(4-2-3-11)16(13,14)7-5-6(10)8(9)15-7/h5H,2-4,11H2,1H3. The molecule has 1 aromatic heterocycles. The Kier molecular flexibility index (Phi) is 5.21. The van der Waals surface area contributed by atoms with Crippen LogP contribution < -0.4 is 5.73 Å². The third kappa shape index (κ3) is 3.18. The lowest BCUT2D eigenvalue weighted by Crippen LogP contribution is -2.28. The van der Waals surface area contributed by atoms with Crippen LogP contribution in [0.25, 0.3) is 0 Å². The molecule has 0 radical (unpaired) electrons. The number of halogens is 2. The second-order valence-electron chi connectivity index (χ2n) is 3.16. The molecule has 1 rings (SSSR count). The Morgan fingerprint density at radius 2 is 2.25 bits per heavy atom. The van der Waals surface area contributed by atoms with E-state index in [0.717, 1.165) is 11.3 Å². The van der Waals surface area contributed by atoms with Crippen molar-refractivity contribution in [1.82, 2.24) is 4.31 Å². The van der Waals surface area contributed by atoms with Gasteiger partial charge < -0.3 is 5.73 Å². The molecule has 1 heterocycles. The van der Waals surface area contributed by atoms with Crippen LogP contribution in [0.3, 0.4) is 0 Å². The minimum absolute atomic E-state index is 0.240. The predicted octanol–water partition coefficient (Wildman–Crippen LogP) is 2.13. The summed E-state index contributed by atoms with van der Waals surface area (Å²) in [6, 6.07) is 1.45. The first kappa shape index (κ1) is 14.4. The SMILES string of the molecule is CN(CCCN)S(=O)(=O)c1cc(Cl)c(Br)s1. The fourth-order valence-electron chi connectivity index (χ4n) is 1.04. The van der Waals surface area contributed by atoms with Crippen molar-refractivity contribution in [2.45, 2.75) is 10.6 Å². The molecule has 16 heavy (non-hydrogen) atoms. The lowest BCUT2D eigenvalue weighted by Gasteiger charge is -2.14. The molecule has 2 N–H and O–H groups in total. The van der Waals surface area contributed by atoms with Crippen LogP contribution >= 0.6 is 38.9 Å². The molecule has 0 bridgehead atoms. The minimum atomic E-state index is -3.43. The van der Waals surface area contributed by atoms with Gasteiger partial charge in [-0.15, -0.1) is 11.3 Å². The fraction of sp³-hybridized carbons (Fsp3) is 0.500. The van der Waals surface area contributed by atoms with Crippen molar-refractivity contribution in [2.24, 2.45) is 5.73 Å². The Hall–Kier alpha value is 0.340. The molecule has 0 saturated heterocycles. The third-order valence-corrected chi connectivity index (χ3v) is 6.74. The van der Waals surface area contributed by atoms with Crippen LogP contribution in [0.5, 0.6) is 0 Å². The summed E-state index contributed by atoms with van der Waals surface area (Å²) in [5.74, 6) is 0. The molecule has 0 unspecified atom stereocenters. The van der Waals surface area contributed by atoms with Crippen LogP contribution in [0.4, 0.5) is 0 Å². The van der Waals surface area contributed by atoms with Crippen LogP contribution in [-0.4, -0.2) is 32.9 Å². The summed E-state index contributed by atoms with van der Waals surface area (Å²) >= 11 is 10.1. The first-order valence-electron chi connectivity index (χ1n) is 4.51. The summed E-state index contributed by atoms with van der Waals surface area (Å²) in [4.78, 5) is 0. The van der Waals surface area contributed by atoms with E-state index in [-0.39, 0.29) is 4.21 Å². The maximum Gasteiger partial charge on any atom is 0.252 e. The third-order valence-electron chi connectivity index (χ3n) is 1.96. The molecule has 0 fully saturated rings. The number of nitrogens with zero attached hydrogens (tertiary/aromatic N) is 1. The topological polar surface area (TPSA) is 63.4 Å². The molecule has 0 aromatic carbocycles. The summed E-state index contributed by atoms with van der Waals surface area (Å²) in [5.41, 5.74) is 5.34. The summed E-state index contributed by atoms with van der Waals surface area (Å²) in [6.45, 7) is 0.876. The van der Waals surface area contributed by atoms with E-state index >= 15 is 0 Å². The Balaban J connectivity index is 2.93. The highest BCUT2D eigenvalue weighted by atomic mass is 79.9. The molecular formula is C8H12BrClN2O2S2. The molecule has 0 saturated carbocycles. The quantitative estimate of drug-likeness (QED) is 0.887. The molecule has 0 aliphatic carbocycles. The van der Waals surface area contributed by atoms with Gasteiger partial charge in [0.05, 0.1) is 8.81 Å². The lowest BCUT2D eigenvalue weighted by molar-refractivity contribution is 0.465. The number of rotatable bonds is 5. The van der Waals surface area contributed by atoms with Crippen LogP contribution in [0, 0.1) is 0 Å². The molecule has 0 atom stereocenters. The van der Waals surface area contributed by atoms with Crippen LogP contribution in [-0.2, 0) is 10.0 Å². The number of hydrogen-bond acceptors (Lipinski definition) is 4. The Morgan fingerprint density at radius 1 is 1.62 bits per heavy atom. The van der Waals surface area contributed by atoms with Gasteiger partial charge in [-0.3, -0.25) is 0 Å². The van der Waals surface area contributed by atoms with Gasteiger partial charge in [-0.25, -0.2) is 12.7 Å². The first-order chi connectivity index (χ1) is 7.39. The van der Waals surface area contributed by atoms with E-state index in [1.165, 1.54) is 17.4 Å². The molecule has 0 spiro atoms. The number of hydrogen-bond donors (Lipinski definition) is 1. The zero-order valence-corrected chi connectivity index (χ0v) is 12.6. The lowest BCUT2D eigenvalue weighted by atomic mass is 10.4. The average molecular weight is 348 g/mol. The molecule has 8 heteroatoms. The molecular weight excluding hydrogens is 336 g/mol. The maximum atomic E-state index is 12.0. The number of sulfonamides is 1. The van der Waals surface area contributed by atoms with E-state index in [9.17, 15) is 8.42 Å². The van der Waals surface area contributed by atoms with Gasteiger partial charge in [-0.1, -0.05) is 11.6 Å². The summed E-state index contributed by atoms with van der Waals surface area (Å²) in [5, 5.41) is 0.413. The van der Waals surface area contributed by atoms with Gasteiger partial charge in [0.1, 0.15) is 4.21 Å². The second kappa shape index (κ2) is 5.79. The highest BCUT2D eigenvalue weighted by Gasteiger charge is 2.23. The van der Waals surface area contributed by atoms with Gasteiger partial charge in [0.25, 0.3) is 10.0 Å². The van der Waals surface area contributed by atoms with Crippen LogP contribution in [0.2, 0.25) is 5.02 Å².